The average Bonchev–Trinajstić information content (AvgIpc) is 2.02. The standard InChI is InChI=1S/C8H5Cl2NO2/c9-5-3-6(10)7(11-4-5)1-2-8(12)13/h1-4H,(H,12,13). The van der Waals surface area contributed by atoms with Crippen LogP contribution in [0.4, 0.5) is 0 Å². The number of pyridine rings is 1. The predicted octanol–water partition coefficient (Wildman–Crippen LogP) is 2.49. The molecule has 0 aliphatic rings. The molecule has 3 nitrogen and oxygen atoms in total. The van der Waals surface area contributed by atoms with Crippen LogP contribution < -0.4 is 0 Å². The molecule has 5 heteroatoms. The van der Waals surface area contributed by atoms with Crippen molar-refractivity contribution in [3.63, 3.8) is 0 Å². The van der Waals surface area contributed by atoms with Gasteiger partial charge in [0.25, 0.3) is 0 Å². The van der Waals surface area contributed by atoms with Gasteiger partial charge in [0.05, 0.1) is 15.7 Å². The van der Waals surface area contributed by atoms with Gasteiger partial charge in [0.1, 0.15) is 0 Å². The molecule has 0 unspecified atom stereocenters. The number of carboxylic acids is 1. The van der Waals surface area contributed by atoms with Crippen molar-refractivity contribution in [2.45, 2.75) is 0 Å². The second-order valence-corrected chi connectivity index (χ2v) is 3.04. The molecule has 0 saturated carbocycles. The third-order valence-corrected chi connectivity index (χ3v) is 1.73. The summed E-state index contributed by atoms with van der Waals surface area (Å²) < 4.78 is 0. The molecule has 0 fully saturated rings. The Kier molecular flexibility index (Phi) is 3.28. The van der Waals surface area contributed by atoms with Crippen LogP contribution in [0.25, 0.3) is 6.08 Å². The van der Waals surface area contributed by atoms with E-state index in [1.807, 2.05) is 0 Å². The molecule has 1 aromatic rings. The van der Waals surface area contributed by atoms with Crippen LogP contribution in [0, 0.1) is 0 Å². The third kappa shape index (κ3) is 3.05. The van der Waals surface area contributed by atoms with Crippen LogP contribution in [0.15, 0.2) is 18.3 Å². The molecule has 1 heterocycles. The summed E-state index contributed by atoms with van der Waals surface area (Å²) in [5.41, 5.74) is 0.383. The lowest BCUT2D eigenvalue weighted by Gasteiger charge is -1.96. The Hall–Kier alpha value is -1.06. The number of hydrogen-bond acceptors (Lipinski definition) is 2. The minimum atomic E-state index is -1.05. The highest BCUT2D eigenvalue weighted by Crippen LogP contribution is 2.19. The van der Waals surface area contributed by atoms with Gasteiger partial charge < -0.3 is 5.11 Å². The van der Waals surface area contributed by atoms with Gasteiger partial charge in [-0.2, -0.15) is 0 Å². The zero-order valence-electron chi connectivity index (χ0n) is 6.37. The minimum absolute atomic E-state index is 0.324. The first-order chi connectivity index (χ1) is 6.09. The summed E-state index contributed by atoms with van der Waals surface area (Å²) in [6.07, 6.45) is 3.66. The van der Waals surface area contributed by atoms with E-state index in [-0.39, 0.29) is 0 Å². The molecule has 1 aromatic heterocycles. The SMILES string of the molecule is O=C(O)C=Cc1ncc(Cl)cc1Cl. The Bertz CT molecular complexity index is 363. The van der Waals surface area contributed by atoms with Gasteiger partial charge in [0, 0.05) is 12.3 Å². The fourth-order valence-electron chi connectivity index (χ4n) is 0.698. The van der Waals surface area contributed by atoms with E-state index in [9.17, 15) is 4.79 Å². The summed E-state index contributed by atoms with van der Waals surface area (Å²) in [4.78, 5) is 14.0. The zero-order valence-corrected chi connectivity index (χ0v) is 7.88. The summed E-state index contributed by atoms with van der Waals surface area (Å²) in [5, 5.41) is 9.07. The Morgan fingerprint density at radius 1 is 1.54 bits per heavy atom. The van der Waals surface area contributed by atoms with Crippen molar-refractivity contribution < 1.29 is 9.90 Å². The van der Waals surface area contributed by atoms with Crippen molar-refractivity contribution in [3.8, 4) is 0 Å². The van der Waals surface area contributed by atoms with Crippen LogP contribution >= 0.6 is 23.2 Å². The monoisotopic (exact) mass is 217 g/mol. The molecule has 0 radical (unpaired) electrons. The van der Waals surface area contributed by atoms with Gasteiger partial charge in [-0.05, 0) is 12.1 Å². The van der Waals surface area contributed by atoms with Gasteiger partial charge in [-0.1, -0.05) is 23.2 Å². The molecule has 0 aliphatic heterocycles. The van der Waals surface area contributed by atoms with Crippen molar-refractivity contribution >= 4 is 35.2 Å². The number of hydrogen-bond donors (Lipinski definition) is 1. The summed E-state index contributed by atoms with van der Waals surface area (Å²) in [6, 6.07) is 1.50. The topological polar surface area (TPSA) is 50.2 Å². The normalized spacial score (nSPS) is 10.6. The Labute approximate surface area is 84.6 Å². The molecule has 68 valence electrons. The third-order valence-electron chi connectivity index (χ3n) is 1.22. The fourth-order valence-corrected chi connectivity index (χ4v) is 1.14. The minimum Gasteiger partial charge on any atom is -0.478 e. The van der Waals surface area contributed by atoms with Crippen molar-refractivity contribution in [1.29, 1.82) is 0 Å². The first-order valence-electron chi connectivity index (χ1n) is 3.31. The number of rotatable bonds is 2. The molecule has 0 saturated heterocycles. The van der Waals surface area contributed by atoms with E-state index in [1.165, 1.54) is 18.3 Å². The number of halogens is 2. The second kappa shape index (κ2) is 4.25. The quantitative estimate of drug-likeness (QED) is 0.775. The van der Waals surface area contributed by atoms with Crippen molar-refractivity contribution in [2.75, 3.05) is 0 Å². The molecule has 0 atom stereocenters. The van der Waals surface area contributed by atoms with E-state index in [1.54, 1.807) is 0 Å². The van der Waals surface area contributed by atoms with Crippen LogP contribution in [0.1, 0.15) is 5.69 Å². The maximum absolute atomic E-state index is 10.2. The molecule has 0 bridgehead atoms. The maximum atomic E-state index is 10.2. The Balaban J connectivity index is 2.96. The van der Waals surface area contributed by atoms with Crippen LogP contribution in [0.2, 0.25) is 10.0 Å². The first kappa shape index (κ1) is 10.0. The second-order valence-electron chi connectivity index (χ2n) is 2.19. The average molecular weight is 218 g/mol. The number of carbonyl (C=O) groups is 1. The van der Waals surface area contributed by atoms with E-state index < -0.39 is 5.97 Å². The largest absolute Gasteiger partial charge is 0.478 e. The first-order valence-corrected chi connectivity index (χ1v) is 4.07. The van der Waals surface area contributed by atoms with Crippen LogP contribution in [0.3, 0.4) is 0 Å². The molecule has 1 rings (SSSR count). The molecular formula is C8H5Cl2NO2. The highest BCUT2D eigenvalue weighted by Gasteiger charge is 1.99. The van der Waals surface area contributed by atoms with Crippen LogP contribution in [0.5, 0.6) is 0 Å². The molecule has 13 heavy (non-hydrogen) atoms. The van der Waals surface area contributed by atoms with Crippen molar-refractivity contribution in [2.24, 2.45) is 0 Å². The number of nitrogens with zero attached hydrogens (tertiary/aromatic N) is 1. The van der Waals surface area contributed by atoms with E-state index in [2.05, 4.69) is 4.98 Å². The van der Waals surface area contributed by atoms with E-state index in [0.29, 0.717) is 15.7 Å². The highest BCUT2D eigenvalue weighted by molar-refractivity contribution is 6.35. The molecule has 0 amide bonds. The van der Waals surface area contributed by atoms with Gasteiger partial charge in [-0.3, -0.25) is 4.98 Å². The summed E-state index contributed by atoms with van der Waals surface area (Å²) >= 11 is 11.3. The van der Waals surface area contributed by atoms with E-state index >= 15 is 0 Å². The molecule has 0 aromatic carbocycles. The zero-order chi connectivity index (χ0) is 9.84. The maximum Gasteiger partial charge on any atom is 0.328 e. The number of aromatic nitrogens is 1. The lowest BCUT2D eigenvalue weighted by atomic mass is 10.3. The van der Waals surface area contributed by atoms with Gasteiger partial charge in [0.15, 0.2) is 0 Å². The van der Waals surface area contributed by atoms with Gasteiger partial charge >= 0.3 is 5.97 Å². The van der Waals surface area contributed by atoms with Gasteiger partial charge in [0.2, 0.25) is 0 Å². The van der Waals surface area contributed by atoms with Gasteiger partial charge in [-0.25, -0.2) is 4.79 Å². The lowest BCUT2D eigenvalue weighted by molar-refractivity contribution is -0.131. The lowest BCUT2D eigenvalue weighted by Crippen LogP contribution is -1.87. The Morgan fingerprint density at radius 3 is 2.77 bits per heavy atom. The fraction of sp³-hybridized carbons (Fsp3) is 0. The van der Waals surface area contributed by atoms with Crippen molar-refractivity contribution in [3.05, 3.63) is 34.1 Å². The summed E-state index contributed by atoms with van der Waals surface area (Å²) in [7, 11) is 0. The summed E-state index contributed by atoms with van der Waals surface area (Å²) in [6.45, 7) is 0. The van der Waals surface area contributed by atoms with Crippen LogP contribution in [-0.2, 0) is 4.79 Å². The molecular weight excluding hydrogens is 213 g/mol. The highest BCUT2D eigenvalue weighted by atomic mass is 35.5. The molecule has 1 N–H and O–H groups in total. The molecule has 0 spiro atoms. The van der Waals surface area contributed by atoms with Gasteiger partial charge in [-0.15, -0.1) is 0 Å². The smallest absolute Gasteiger partial charge is 0.328 e. The van der Waals surface area contributed by atoms with Crippen LogP contribution in [-0.4, -0.2) is 16.1 Å². The number of carboxylic acid groups (broad SMARTS) is 1. The molecule has 0 aliphatic carbocycles. The predicted molar refractivity (Wildman–Crippen MR) is 50.9 cm³/mol. The van der Waals surface area contributed by atoms with Crippen molar-refractivity contribution in [1.82, 2.24) is 4.98 Å². The van der Waals surface area contributed by atoms with E-state index in [4.69, 9.17) is 28.3 Å². The Morgan fingerprint density at radius 2 is 2.23 bits per heavy atom. The summed E-state index contributed by atoms with van der Waals surface area (Å²) in [5.74, 6) is -1.05. The van der Waals surface area contributed by atoms with E-state index in [0.717, 1.165) is 6.08 Å². The number of aliphatic carboxylic acids is 1.